The zero-order chi connectivity index (χ0) is 18.8. The predicted molar refractivity (Wildman–Crippen MR) is 100 cm³/mol. The fraction of sp³-hybridized carbons (Fsp3) is 0.350. The molecule has 140 valence electrons. The van der Waals surface area contributed by atoms with Gasteiger partial charge in [-0.2, -0.15) is 4.98 Å². The van der Waals surface area contributed by atoms with Crippen LogP contribution in [0.15, 0.2) is 51.6 Å². The van der Waals surface area contributed by atoms with Crippen molar-refractivity contribution in [2.75, 3.05) is 0 Å². The van der Waals surface area contributed by atoms with E-state index in [4.69, 9.17) is 20.5 Å². The summed E-state index contributed by atoms with van der Waals surface area (Å²) in [6.07, 6.45) is 4.39. The van der Waals surface area contributed by atoms with E-state index in [1.807, 2.05) is 29.2 Å². The van der Waals surface area contributed by atoms with Crippen molar-refractivity contribution in [3.8, 4) is 11.6 Å². The second-order valence-corrected chi connectivity index (χ2v) is 7.19. The lowest BCUT2D eigenvalue weighted by atomic mass is 10.1. The zero-order valence-electron chi connectivity index (χ0n) is 15.0. The number of aromatic nitrogens is 2. The van der Waals surface area contributed by atoms with Gasteiger partial charge in [0.15, 0.2) is 5.76 Å². The molecule has 0 saturated heterocycles. The van der Waals surface area contributed by atoms with Crippen molar-refractivity contribution in [2.45, 2.75) is 44.7 Å². The molecule has 1 amide bonds. The van der Waals surface area contributed by atoms with Crippen molar-refractivity contribution in [2.24, 2.45) is 0 Å². The summed E-state index contributed by atoms with van der Waals surface area (Å²) >= 11 is 5.98. The SMILES string of the molecule is CC(c1ccc(Cl)cc1)N(C(=O)CCc1nc(-c2ccco2)no1)C1CC1. The molecule has 1 saturated carbocycles. The Hall–Kier alpha value is -2.60. The van der Waals surface area contributed by atoms with E-state index in [-0.39, 0.29) is 11.9 Å². The van der Waals surface area contributed by atoms with Gasteiger partial charge in [0.2, 0.25) is 17.6 Å². The monoisotopic (exact) mass is 385 g/mol. The van der Waals surface area contributed by atoms with Gasteiger partial charge in [-0.1, -0.05) is 28.9 Å². The van der Waals surface area contributed by atoms with E-state index in [0.717, 1.165) is 18.4 Å². The first-order valence-corrected chi connectivity index (χ1v) is 9.42. The molecule has 0 bridgehead atoms. The minimum absolute atomic E-state index is 0.00336. The number of benzene rings is 1. The molecule has 1 unspecified atom stereocenters. The quantitative estimate of drug-likeness (QED) is 0.591. The third-order valence-corrected chi connectivity index (χ3v) is 5.01. The second kappa shape index (κ2) is 7.56. The van der Waals surface area contributed by atoms with Gasteiger partial charge in [0.25, 0.3) is 0 Å². The number of furan rings is 1. The maximum absolute atomic E-state index is 12.9. The number of amides is 1. The maximum atomic E-state index is 12.9. The molecule has 27 heavy (non-hydrogen) atoms. The molecule has 3 aromatic rings. The summed E-state index contributed by atoms with van der Waals surface area (Å²) in [7, 11) is 0. The highest BCUT2D eigenvalue weighted by Crippen LogP contribution is 2.35. The van der Waals surface area contributed by atoms with Crippen LogP contribution in [0.2, 0.25) is 5.02 Å². The fourth-order valence-electron chi connectivity index (χ4n) is 3.20. The van der Waals surface area contributed by atoms with Crippen LogP contribution < -0.4 is 0 Å². The standard InChI is InChI=1S/C20H20ClN3O3/c1-13(14-4-6-15(21)7-5-14)24(16-8-9-16)19(25)11-10-18-22-20(23-27-18)17-3-2-12-26-17/h2-7,12-13,16H,8-11H2,1H3. The summed E-state index contributed by atoms with van der Waals surface area (Å²) in [6, 6.07) is 11.5. The van der Waals surface area contributed by atoms with Crippen LogP contribution in [0.5, 0.6) is 0 Å². The normalized spacial score (nSPS) is 14.9. The van der Waals surface area contributed by atoms with Crippen LogP contribution in [0.1, 0.15) is 43.7 Å². The molecule has 0 aliphatic heterocycles. The Labute approximate surface area is 162 Å². The van der Waals surface area contributed by atoms with Crippen LogP contribution in [0.3, 0.4) is 0 Å². The number of halogens is 1. The van der Waals surface area contributed by atoms with E-state index in [9.17, 15) is 4.79 Å². The van der Waals surface area contributed by atoms with Crippen LogP contribution >= 0.6 is 11.6 Å². The second-order valence-electron chi connectivity index (χ2n) is 6.75. The van der Waals surface area contributed by atoms with Gasteiger partial charge < -0.3 is 13.8 Å². The van der Waals surface area contributed by atoms with Gasteiger partial charge in [-0.25, -0.2) is 0 Å². The van der Waals surface area contributed by atoms with E-state index in [1.165, 1.54) is 0 Å². The van der Waals surface area contributed by atoms with Crippen molar-refractivity contribution >= 4 is 17.5 Å². The topological polar surface area (TPSA) is 72.4 Å². The minimum Gasteiger partial charge on any atom is -0.461 e. The summed E-state index contributed by atoms with van der Waals surface area (Å²) in [4.78, 5) is 19.2. The Morgan fingerprint density at radius 2 is 2.07 bits per heavy atom. The Bertz CT molecular complexity index is 901. The summed E-state index contributed by atoms with van der Waals surface area (Å²) in [5, 5.41) is 4.60. The van der Waals surface area contributed by atoms with Crippen molar-refractivity contribution in [1.29, 1.82) is 0 Å². The van der Waals surface area contributed by atoms with Gasteiger partial charge in [-0.3, -0.25) is 4.79 Å². The minimum atomic E-state index is 0.00336. The van der Waals surface area contributed by atoms with E-state index in [0.29, 0.717) is 41.4 Å². The van der Waals surface area contributed by atoms with Gasteiger partial charge in [0.1, 0.15) is 0 Å². The highest BCUT2D eigenvalue weighted by Gasteiger charge is 2.36. The van der Waals surface area contributed by atoms with Crippen molar-refractivity contribution in [3.05, 3.63) is 59.1 Å². The Morgan fingerprint density at radius 3 is 2.74 bits per heavy atom. The largest absolute Gasteiger partial charge is 0.461 e. The Kier molecular flexibility index (Phi) is 4.99. The molecule has 1 aliphatic carbocycles. The van der Waals surface area contributed by atoms with Gasteiger partial charge in [-0.05, 0) is 49.6 Å². The molecule has 1 atom stereocenters. The number of hydrogen-bond acceptors (Lipinski definition) is 5. The summed E-state index contributed by atoms with van der Waals surface area (Å²) in [6.45, 7) is 2.06. The van der Waals surface area contributed by atoms with Crippen LogP contribution in [-0.4, -0.2) is 27.0 Å². The average Bonchev–Trinajstić information content (AvgIpc) is 3.16. The molecule has 6 nitrogen and oxygen atoms in total. The molecule has 2 aromatic heterocycles. The van der Waals surface area contributed by atoms with E-state index in [1.54, 1.807) is 18.4 Å². The molecule has 0 N–H and O–H groups in total. The lowest BCUT2D eigenvalue weighted by Gasteiger charge is -2.30. The van der Waals surface area contributed by atoms with Gasteiger partial charge in [0.05, 0.1) is 12.3 Å². The third kappa shape index (κ3) is 4.06. The first-order chi connectivity index (χ1) is 13.1. The number of rotatable bonds is 7. The van der Waals surface area contributed by atoms with Crippen molar-refractivity contribution in [3.63, 3.8) is 0 Å². The van der Waals surface area contributed by atoms with Gasteiger partial charge >= 0.3 is 0 Å². The highest BCUT2D eigenvalue weighted by atomic mass is 35.5. The maximum Gasteiger partial charge on any atom is 0.238 e. The number of carbonyl (C=O) groups excluding carboxylic acids is 1. The predicted octanol–water partition coefficient (Wildman–Crippen LogP) is 4.67. The number of nitrogens with zero attached hydrogens (tertiary/aromatic N) is 3. The average molecular weight is 386 g/mol. The molecule has 7 heteroatoms. The molecule has 2 heterocycles. The molecule has 1 aromatic carbocycles. The Morgan fingerprint density at radius 1 is 1.30 bits per heavy atom. The van der Waals surface area contributed by atoms with Gasteiger partial charge in [0, 0.05) is 23.9 Å². The van der Waals surface area contributed by atoms with Crippen molar-refractivity contribution in [1.82, 2.24) is 15.0 Å². The molecular formula is C20H20ClN3O3. The van der Waals surface area contributed by atoms with E-state index < -0.39 is 0 Å². The summed E-state index contributed by atoms with van der Waals surface area (Å²) in [5.41, 5.74) is 1.08. The molecule has 4 rings (SSSR count). The van der Waals surface area contributed by atoms with Crippen LogP contribution in [-0.2, 0) is 11.2 Å². The van der Waals surface area contributed by atoms with E-state index >= 15 is 0 Å². The number of aryl methyl sites for hydroxylation is 1. The smallest absolute Gasteiger partial charge is 0.238 e. The molecule has 1 fully saturated rings. The molecule has 0 radical (unpaired) electrons. The summed E-state index contributed by atoms with van der Waals surface area (Å²) < 4.78 is 10.5. The molecule has 1 aliphatic rings. The van der Waals surface area contributed by atoms with Crippen molar-refractivity contribution < 1.29 is 13.7 Å². The fourth-order valence-corrected chi connectivity index (χ4v) is 3.32. The first kappa shape index (κ1) is 17.8. The number of hydrogen-bond donors (Lipinski definition) is 0. The first-order valence-electron chi connectivity index (χ1n) is 9.05. The van der Waals surface area contributed by atoms with E-state index in [2.05, 4.69) is 17.1 Å². The molecule has 0 spiro atoms. The zero-order valence-corrected chi connectivity index (χ0v) is 15.7. The Balaban J connectivity index is 1.41. The highest BCUT2D eigenvalue weighted by molar-refractivity contribution is 6.30. The lowest BCUT2D eigenvalue weighted by Crippen LogP contribution is -2.35. The van der Waals surface area contributed by atoms with Crippen LogP contribution in [0.4, 0.5) is 0 Å². The molecular weight excluding hydrogens is 366 g/mol. The van der Waals surface area contributed by atoms with Crippen LogP contribution in [0, 0.1) is 0 Å². The lowest BCUT2D eigenvalue weighted by molar-refractivity contribution is -0.134. The van der Waals surface area contributed by atoms with Crippen LogP contribution in [0.25, 0.3) is 11.6 Å². The summed E-state index contributed by atoms with van der Waals surface area (Å²) in [5.74, 6) is 1.48. The number of carbonyl (C=O) groups is 1. The third-order valence-electron chi connectivity index (χ3n) is 4.76. The van der Waals surface area contributed by atoms with Gasteiger partial charge in [-0.15, -0.1) is 0 Å².